The van der Waals surface area contributed by atoms with Gasteiger partial charge in [0.05, 0.1) is 6.33 Å². The highest BCUT2D eigenvalue weighted by atomic mass is 35.5. The van der Waals surface area contributed by atoms with E-state index in [1.165, 1.54) is 0 Å². The molecule has 5 nitrogen and oxygen atoms in total. The molecule has 0 saturated carbocycles. The van der Waals surface area contributed by atoms with Crippen LogP contribution in [0, 0.1) is 0 Å². The van der Waals surface area contributed by atoms with E-state index in [1.54, 1.807) is 12.5 Å². The normalized spacial score (nSPS) is 11.8. The summed E-state index contributed by atoms with van der Waals surface area (Å²) in [5.41, 5.74) is 0. The van der Waals surface area contributed by atoms with Crippen molar-refractivity contribution in [2.45, 2.75) is 19.4 Å². The largest absolute Gasteiger partial charge is 0.337 e. The summed E-state index contributed by atoms with van der Waals surface area (Å²) in [5, 5.41) is -0.380. The molecule has 1 aromatic rings. The maximum absolute atomic E-state index is 10.9. The van der Waals surface area contributed by atoms with Crippen molar-refractivity contribution in [1.29, 1.82) is 0 Å². The number of unbranched alkanes of at least 4 members (excludes halogenated alkanes) is 1. The molecule has 0 saturated heterocycles. The zero-order chi connectivity index (χ0) is 11.1. The zero-order valence-corrected chi connectivity index (χ0v) is 9.84. The third-order valence-corrected chi connectivity index (χ3v) is 3.66. The number of nitrogens with zero attached hydrogens (tertiary/aromatic N) is 2. The van der Waals surface area contributed by atoms with Gasteiger partial charge in [0.15, 0.2) is 0 Å². The van der Waals surface area contributed by atoms with E-state index in [-0.39, 0.29) is 5.21 Å². The fourth-order valence-corrected chi connectivity index (χ4v) is 1.87. The predicted molar refractivity (Wildman–Crippen MR) is 59.1 cm³/mol. The van der Waals surface area contributed by atoms with E-state index in [2.05, 4.69) is 9.71 Å². The van der Waals surface area contributed by atoms with Gasteiger partial charge in [-0.25, -0.2) is 18.1 Å². The van der Waals surface area contributed by atoms with Gasteiger partial charge in [0.25, 0.3) is 0 Å². The third-order valence-electron chi connectivity index (χ3n) is 1.87. The minimum Gasteiger partial charge on any atom is -0.337 e. The summed E-state index contributed by atoms with van der Waals surface area (Å²) in [6.45, 7) is 1.28. The van der Waals surface area contributed by atoms with E-state index < -0.39 is 10.0 Å². The molecule has 0 aliphatic heterocycles. The summed E-state index contributed by atoms with van der Waals surface area (Å²) in [7, 11) is -3.26. The van der Waals surface area contributed by atoms with E-state index >= 15 is 0 Å². The Bertz CT molecular complexity index is 363. The van der Waals surface area contributed by atoms with Gasteiger partial charge in [-0.1, -0.05) is 0 Å². The highest BCUT2D eigenvalue weighted by Gasteiger charge is 2.05. The number of hydrogen-bond donors (Lipinski definition) is 1. The Balaban J connectivity index is 2.08. The van der Waals surface area contributed by atoms with Gasteiger partial charge >= 0.3 is 0 Å². The lowest BCUT2D eigenvalue weighted by Crippen LogP contribution is -2.25. The van der Waals surface area contributed by atoms with Crippen LogP contribution in [-0.2, 0) is 16.6 Å². The van der Waals surface area contributed by atoms with E-state index in [4.69, 9.17) is 11.6 Å². The molecule has 0 aliphatic rings. The van der Waals surface area contributed by atoms with Crippen LogP contribution < -0.4 is 4.72 Å². The highest BCUT2D eigenvalue weighted by Crippen LogP contribution is 1.95. The van der Waals surface area contributed by atoms with Crippen LogP contribution in [0.15, 0.2) is 18.7 Å². The van der Waals surface area contributed by atoms with Crippen LogP contribution >= 0.6 is 11.6 Å². The number of nitrogens with one attached hydrogen (secondary N) is 1. The lowest BCUT2D eigenvalue weighted by Gasteiger charge is -2.04. The number of sulfonamides is 1. The molecule has 0 spiro atoms. The van der Waals surface area contributed by atoms with Crippen molar-refractivity contribution in [3.05, 3.63) is 18.7 Å². The molecule has 0 atom stereocenters. The van der Waals surface area contributed by atoms with Crippen LogP contribution in [0.5, 0.6) is 0 Å². The summed E-state index contributed by atoms with van der Waals surface area (Å²) >= 11 is 5.22. The Morgan fingerprint density at radius 2 is 2.20 bits per heavy atom. The Hall–Kier alpha value is -0.590. The fraction of sp³-hybridized carbons (Fsp3) is 0.625. The molecule has 1 N–H and O–H groups in total. The first kappa shape index (κ1) is 12.5. The lowest BCUT2D eigenvalue weighted by molar-refractivity contribution is 0.569. The number of imidazole rings is 1. The van der Waals surface area contributed by atoms with Crippen molar-refractivity contribution in [3.63, 3.8) is 0 Å². The van der Waals surface area contributed by atoms with Crippen LogP contribution in [0.4, 0.5) is 0 Å². The molecule has 0 aromatic carbocycles. The zero-order valence-electron chi connectivity index (χ0n) is 8.26. The van der Waals surface area contributed by atoms with Gasteiger partial charge in [-0.2, -0.15) is 0 Å². The molecular formula is C8H14ClN3O2S. The van der Waals surface area contributed by atoms with Crippen molar-refractivity contribution in [2.24, 2.45) is 0 Å². The maximum Gasteiger partial charge on any atom is 0.225 e. The first-order valence-corrected chi connectivity index (χ1v) is 6.82. The maximum atomic E-state index is 10.9. The number of aryl methyl sites for hydroxylation is 1. The topological polar surface area (TPSA) is 64.0 Å². The van der Waals surface area contributed by atoms with Crippen molar-refractivity contribution < 1.29 is 8.42 Å². The van der Waals surface area contributed by atoms with Crippen molar-refractivity contribution >= 4 is 21.6 Å². The van der Waals surface area contributed by atoms with Gasteiger partial charge in [-0.3, -0.25) is 0 Å². The smallest absolute Gasteiger partial charge is 0.225 e. The van der Waals surface area contributed by atoms with E-state index in [0.29, 0.717) is 6.54 Å². The summed E-state index contributed by atoms with van der Waals surface area (Å²) in [6.07, 6.45) is 7.03. The fourth-order valence-electron chi connectivity index (χ4n) is 1.10. The van der Waals surface area contributed by atoms with Gasteiger partial charge < -0.3 is 4.57 Å². The van der Waals surface area contributed by atoms with Crippen molar-refractivity contribution in [1.82, 2.24) is 14.3 Å². The Morgan fingerprint density at radius 3 is 2.80 bits per heavy atom. The molecule has 0 aliphatic carbocycles. The van der Waals surface area contributed by atoms with Gasteiger partial charge in [-0.15, -0.1) is 11.6 Å². The molecule has 1 aromatic heterocycles. The minimum absolute atomic E-state index is 0.380. The van der Waals surface area contributed by atoms with E-state index in [0.717, 1.165) is 19.4 Å². The summed E-state index contributed by atoms with van der Waals surface area (Å²) in [6, 6.07) is 0. The van der Waals surface area contributed by atoms with Gasteiger partial charge in [0, 0.05) is 25.5 Å². The molecule has 0 bridgehead atoms. The summed E-state index contributed by atoms with van der Waals surface area (Å²) < 4.78 is 26.2. The average molecular weight is 252 g/mol. The highest BCUT2D eigenvalue weighted by molar-refractivity contribution is 7.90. The first-order valence-electron chi connectivity index (χ1n) is 4.63. The van der Waals surface area contributed by atoms with Gasteiger partial charge in [0.2, 0.25) is 10.0 Å². The molecule has 86 valence electrons. The standard InChI is InChI=1S/C8H14ClN3O2S/c9-7-15(13,14)11-3-1-2-5-12-6-4-10-8-12/h4,6,8,11H,1-3,5,7H2. The van der Waals surface area contributed by atoms with E-state index in [9.17, 15) is 8.42 Å². The molecule has 15 heavy (non-hydrogen) atoms. The molecule has 0 amide bonds. The molecular weight excluding hydrogens is 238 g/mol. The number of rotatable bonds is 7. The molecule has 7 heteroatoms. The number of alkyl halides is 1. The van der Waals surface area contributed by atoms with Crippen LogP contribution in [-0.4, -0.2) is 29.7 Å². The molecule has 1 rings (SSSR count). The monoisotopic (exact) mass is 251 g/mol. The van der Waals surface area contributed by atoms with Crippen LogP contribution in [0.2, 0.25) is 0 Å². The molecule has 0 fully saturated rings. The lowest BCUT2D eigenvalue weighted by atomic mass is 10.3. The summed E-state index contributed by atoms with van der Waals surface area (Å²) in [5.74, 6) is 0. The second kappa shape index (κ2) is 6.09. The molecule has 0 unspecified atom stereocenters. The Morgan fingerprint density at radius 1 is 1.40 bits per heavy atom. The van der Waals surface area contributed by atoms with Gasteiger partial charge in [0.1, 0.15) is 5.21 Å². The van der Waals surface area contributed by atoms with Crippen LogP contribution in [0.1, 0.15) is 12.8 Å². The first-order chi connectivity index (χ1) is 7.14. The number of aromatic nitrogens is 2. The molecule has 1 heterocycles. The number of hydrogen-bond acceptors (Lipinski definition) is 3. The third kappa shape index (κ3) is 5.15. The SMILES string of the molecule is O=S(=O)(CCl)NCCCCn1ccnc1. The quantitative estimate of drug-likeness (QED) is 0.575. The van der Waals surface area contributed by atoms with Crippen molar-refractivity contribution in [2.75, 3.05) is 11.8 Å². The van der Waals surface area contributed by atoms with Crippen LogP contribution in [0.25, 0.3) is 0 Å². The second-order valence-electron chi connectivity index (χ2n) is 3.13. The van der Waals surface area contributed by atoms with Crippen LogP contribution in [0.3, 0.4) is 0 Å². The van der Waals surface area contributed by atoms with Gasteiger partial charge in [-0.05, 0) is 12.8 Å². The predicted octanol–water partition coefficient (Wildman–Crippen LogP) is 0.779. The van der Waals surface area contributed by atoms with E-state index in [1.807, 2.05) is 10.8 Å². The molecule has 0 radical (unpaired) electrons. The van der Waals surface area contributed by atoms with Crippen molar-refractivity contribution in [3.8, 4) is 0 Å². The average Bonchev–Trinajstić information content (AvgIpc) is 2.70. The Kier molecular flexibility index (Phi) is 5.07. The second-order valence-corrected chi connectivity index (χ2v) is 5.52. The number of halogens is 1. The summed E-state index contributed by atoms with van der Waals surface area (Å²) in [4.78, 5) is 3.91. The minimum atomic E-state index is -3.26. The Labute approximate surface area is 94.5 Å².